The zero-order valence-electron chi connectivity index (χ0n) is 25.0. The summed E-state index contributed by atoms with van der Waals surface area (Å²) in [4.78, 5) is 33.7. The van der Waals surface area contributed by atoms with Gasteiger partial charge in [-0.25, -0.2) is 14.4 Å². The van der Waals surface area contributed by atoms with Gasteiger partial charge in [0.25, 0.3) is 5.91 Å². The van der Waals surface area contributed by atoms with E-state index in [-0.39, 0.29) is 56.8 Å². The maximum atomic E-state index is 14.8. The predicted octanol–water partition coefficient (Wildman–Crippen LogP) is 6.20. The molecule has 2 amide bonds. The number of ether oxygens (including phenoxy) is 2. The molecule has 4 aromatic rings. The van der Waals surface area contributed by atoms with E-state index >= 15 is 0 Å². The largest absolute Gasteiger partial charge is 0.491 e. The number of alkyl halides is 3. The monoisotopic (exact) mass is 694 g/mol. The SMILES string of the molecule is CCOc1c(CC(N)=O)cc([C@@](O)(CNC(=O)c2cc(OC3CC3)c3nc(Cl)c(C)cc3c2)C(F)(F)F)nc1-c1ccc(F)c(Cl)c1. The summed E-state index contributed by atoms with van der Waals surface area (Å²) in [6.07, 6.45) is -4.52. The molecule has 47 heavy (non-hydrogen) atoms. The van der Waals surface area contributed by atoms with E-state index in [2.05, 4.69) is 15.3 Å². The number of halogens is 6. The van der Waals surface area contributed by atoms with Crippen LogP contribution in [-0.2, 0) is 16.8 Å². The number of benzene rings is 2. The van der Waals surface area contributed by atoms with Gasteiger partial charge in [0.1, 0.15) is 33.7 Å². The van der Waals surface area contributed by atoms with Crippen molar-refractivity contribution >= 4 is 45.9 Å². The summed E-state index contributed by atoms with van der Waals surface area (Å²) in [6, 6.07) is 8.55. The van der Waals surface area contributed by atoms with Crippen LogP contribution in [-0.4, -0.2) is 52.3 Å². The van der Waals surface area contributed by atoms with Gasteiger partial charge in [-0.05, 0) is 74.7 Å². The van der Waals surface area contributed by atoms with E-state index in [0.29, 0.717) is 16.5 Å². The lowest BCUT2D eigenvalue weighted by Gasteiger charge is -2.31. The Hall–Kier alpha value is -4.20. The first-order chi connectivity index (χ1) is 22.1. The molecule has 0 unspecified atom stereocenters. The van der Waals surface area contributed by atoms with Gasteiger partial charge in [-0.1, -0.05) is 23.2 Å². The Morgan fingerprint density at radius 3 is 2.45 bits per heavy atom. The molecular formula is C32H28Cl2F4N4O5. The van der Waals surface area contributed by atoms with Gasteiger partial charge in [-0.15, -0.1) is 0 Å². The van der Waals surface area contributed by atoms with Gasteiger partial charge in [-0.2, -0.15) is 13.2 Å². The average Bonchev–Trinajstić information content (AvgIpc) is 3.82. The van der Waals surface area contributed by atoms with Gasteiger partial charge < -0.3 is 25.6 Å². The summed E-state index contributed by atoms with van der Waals surface area (Å²) in [5.74, 6) is -2.56. The highest BCUT2D eigenvalue weighted by molar-refractivity contribution is 6.31. The van der Waals surface area contributed by atoms with Crippen molar-refractivity contribution in [1.29, 1.82) is 0 Å². The number of fused-ring (bicyclic) bond motifs is 1. The zero-order chi connectivity index (χ0) is 34.3. The van der Waals surface area contributed by atoms with Crippen molar-refractivity contribution in [2.45, 2.75) is 51.0 Å². The molecule has 9 nitrogen and oxygen atoms in total. The van der Waals surface area contributed by atoms with E-state index in [9.17, 15) is 32.3 Å². The summed E-state index contributed by atoms with van der Waals surface area (Å²) in [7, 11) is 0. The van der Waals surface area contributed by atoms with Gasteiger partial charge in [0.15, 0.2) is 0 Å². The van der Waals surface area contributed by atoms with E-state index in [4.69, 9.17) is 38.4 Å². The third kappa shape index (κ3) is 7.21. The van der Waals surface area contributed by atoms with E-state index in [1.165, 1.54) is 18.2 Å². The average molecular weight is 695 g/mol. The molecule has 0 bridgehead atoms. The van der Waals surface area contributed by atoms with E-state index in [1.54, 1.807) is 19.9 Å². The fourth-order valence-electron chi connectivity index (χ4n) is 4.83. The number of aliphatic hydroxyl groups is 1. The van der Waals surface area contributed by atoms with Crippen LogP contribution in [0.3, 0.4) is 0 Å². The highest BCUT2D eigenvalue weighted by Crippen LogP contribution is 2.42. The molecule has 15 heteroatoms. The molecule has 1 saturated carbocycles. The Morgan fingerprint density at radius 1 is 1.11 bits per heavy atom. The van der Waals surface area contributed by atoms with Crippen LogP contribution < -0.4 is 20.5 Å². The van der Waals surface area contributed by atoms with Crippen LogP contribution in [0.2, 0.25) is 10.2 Å². The van der Waals surface area contributed by atoms with Gasteiger partial charge in [0.05, 0.1) is 36.4 Å². The Kier molecular flexibility index (Phi) is 9.54. The number of nitrogens with zero attached hydrogens (tertiary/aromatic N) is 2. The van der Waals surface area contributed by atoms with E-state index < -0.39 is 48.1 Å². The molecule has 248 valence electrons. The van der Waals surface area contributed by atoms with Gasteiger partial charge in [0, 0.05) is 22.1 Å². The number of amides is 2. The van der Waals surface area contributed by atoms with Gasteiger partial charge in [0.2, 0.25) is 11.5 Å². The third-order valence-corrected chi connectivity index (χ3v) is 8.06. The molecule has 2 aromatic carbocycles. The summed E-state index contributed by atoms with van der Waals surface area (Å²) >= 11 is 12.1. The Balaban J connectivity index is 1.57. The van der Waals surface area contributed by atoms with Crippen molar-refractivity contribution in [3.05, 3.63) is 80.8 Å². The van der Waals surface area contributed by atoms with E-state index in [0.717, 1.165) is 31.0 Å². The molecule has 1 fully saturated rings. The maximum Gasteiger partial charge on any atom is 0.424 e. The standard InChI is InChI=1S/C32H28Cl2F4N4O5/c1-3-46-28-18(13-25(39)43)12-24(41-27(28)16-4-7-22(35)21(33)10-16)31(45,32(36,37)38)14-40-30(44)19-9-17-8-15(2)29(34)42-26(17)23(11-19)47-20-5-6-20/h4,7-12,20,45H,3,5-6,13-14H2,1-2H3,(H2,39,43)(H,40,44)/t31-/m0/s1. The summed E-state index contributed by atoms with van der Waals surface area (Å²) in [6.45, 7) is 1.92. The second kappa shape index (κ2) is 13.1. The number of rotatable bonds is 11. The quantitative estimate of drug-likeness (QED) is 0.126. The molecule has 0 radical (unpaired) electrons. The fourth-order valence-corrected chi connectivity index (χ4v) is 5.15. The first-order valence-electron chi connectivity index (χ1n) is 14.4. The molecule has 0 saturated heterocycles. The summed E-state index contributed by atoms with van der Waals surface area (Å²) in [5, 5.41) is 13.8. The molecule has 5 rings (SSSR count). The molecule has 0 aliphatic heterocycles. The molecular weight excluding hydrogens is 667 g/mol. The number of hydrogen-bond acceptors (Lipinski definition) is 7. The zero-order valence-corrected chi connectivity index (χ0v) is 26.5. The first kappa shape index (κ1) is 34.1. The van der Waals surface area contributed by atoms with Crippen molar-refractivity contribution in [3.8, 4) is 22.8 Å². The molecule has 1 atom stereocenters. The smallest absolute Gasteiger partial charge is 0.424 e. The third-order valence-electron chi connectivity index (χ3n) is 7.39. The number of pyridine rings is 2. The lowest BCUT2D eigenvalue weighted by Crippen LogP contribution is -2.51. The minimum Gasteiger partial charge on any atom is -0.491 e. The van der Waals surface area contributed by atoms with Crippen LogP contribution in [0, 0.1) is 12.7 Å². The van der Waals surface area contributed by atoms with Crippen LogP contribution in [0.4, 0.5) is 17.6 Å². The number of nitrogens with two attached hydrogens (primary N) is 1. The first-order valence-corrected chi connectivity index (χ1v) is 15.1. The number of hydrogen-bond donors (Lipinski definition) is 3. The molecule has 2 heterocycles. The van der Waals surface area contributed by atoms with Crippen LogP contribution in [0.5, 0.6) is 11.5 Å². The van der Waals surface area contributed by atoms with Gasteiger partial charge >= 0.3 is 6.18 Å². The second-order valence-electron chi connectivity index (χ2n) is 11.0. The van der Waals surface area contributed by atoms with Crippen molar-refractivity contribution in [1.82, 2.24) is 15.3 Å². The van der Waals surface area contributed by atoms with Crippen LogP contribution in [0.25, 0.3) is 22.2 Å². The highest BCUT2D eigenvalue weighted by atomic mass is 35.5. The molecule has 1 aliphatic rings. The molecule has 2 aromatic heterocycles. The number of nitrogens with one attached hydrogen (secondary N) is 1. The minimum atomic E-state index is -5.40. The topological polar surface area (TPSA) is 137 Å². The van der Waals surface area contributed by atoms with Crippen molar-refractivity contribution < 1.29 is 41.7 Å². The number of carbonyl (C=O) groups excluding carboxylic acids is 2. The Morgan fingerprint density at radius 2 is 1.83 bits per heavy atom. The second-order valence-corrected chi connectivity index (χ2v) is 11.8. The van der Waals surface area contributed by atoms with Crippen LogP contribution in [0.15, 0.2) is 42.5 Å². The van der Waals surface area contributed by atoms with Crippen molar-refractivity contribution in [2.24, 2.45) is 5.73 Å². The lowest BCUT2D eigenvalue weighted by atomic mass is 9.93. The highest BCUT2D eigenvalue weighted by Gasteiger charge is 2.57. The molecule has 0 spiro atoms. The minimum absolute atomic E-state index is 0.00771. The summed E-state index contributed by atoms with van der Waals surface area (Å²) in [5.41, 5.74) is 1.17. The normalized spacial score (nSPS) is 14.5. The number of carbonyl (C=O) groups is 2. The van der Waals surface area contributed by atoms with Gasteiger partial charge in [-0.3, -0.25) is 9.59 Å². The predicted molar refractivity (Wildman–Crippen MR) is 166 cm³/mol. The fraction of sp³-hybridized carbons (Fsp3) is 0.312. The number of aromatic nitrogens is 2. The van der Waals surface area contributed by atoms with Crippen molar-refractivity contribution in [3.63, 3.8) is 0 Å². The lowest BCUT2D eigenvalue weighted by molar-refractivity contribution is -0.265. The van der Waals surface area contributed by atoms with Crippen LogP contribution >= 0.6 is 23.2 Å². The Bertz CT molecular complexity index is 1890. The van der Waals surface area contributed by atoms with Crippen molar-refractivity contribution in [2.75, 3.05) is 13.2 Å². The number of primary amides is 1. The van der Waals surface area contributed by atoms with Crippen LogP contribution in [0.1, 0.15) is 46.9 Å². The number of aryl methyl sites for hydroxylation is 1. The molecule has 1 aliphatic carbocycles. The summed E-state index contributed by atoms with van der Waals surface area (Å²) < 4.78 is 69.8. The van der Waals surface area contributed by atoms with E-state index in [1.807, 2.05) is 0 Å². The maximum absolute atomic E-state index is 14.8. The Labute approximate surface area is 276 Å². The molecule has 4 N–H and O–H groups in total.